The van der Waals surface area contributed by atoms with Gasteiger partial charge in [0.15, 0.2) is 0 Å². The highest BCUT2D eigenvalue weighted by Gasteiger charge is 2.59. The van der Waals surface area contributed by atoms with Gasteiger partial charge in [0.2, 0.25) is 5.91 Å². The number of anilines is 2. The summed E-state index contributed by atoms with van der Waals surface area (Å²) in [4.78, 5) is 20.6. The third-order valence-corrected chi connectivity index (χ3v) is 7.21. The van der Waals surface area contributed by atoms with Gasteiger partial charge in [-0.2, -0.15) is 0 Å². The second-order valence-corrected chi connectivity index (χ2v) is 9.16. The highest BCUT2D eigenvalue weighted by Crippen LogP contribution is 2.52. The molecule has 166 valence electrons. The van der Waals surface area contributed by atoms with E-state index in [1.54, 1.807) is 12.1 Å². The van der Waals surface area contributed by atoms with Crippen LogP contribution in [-0.2, 0) is 16.1 Å². The van der Waals surface area contributed by atoms with Gasteiger partial charge in [0.1, 0.15) is 5.82 Å². The van der Waals surface area contributed by atoms with E-state index in [1.165, 1.54) is 17.0 Å². The number of nitrogens with one attached hydrogen (secondary N) is 2. The first-order chi connectivity index (χ1) is 15.7. The minimum Gasteiger partial charge on any atom is -0.378 e. The van der Waals surface area contributed by atoms with Crippen LogP contribution < -0.4 is 10.2 Å². The van der Waals surface area contributed by atoms with Crippen LogP contribution in [0.5, 0.6) is 0 Å². The highest BCUT2D eigenvalue weighted by molar-refractivity contribution is 5.95. The molecule has 0 radical (unpaired) electrons. The van der Waals surface area contributed by atoms with Gasteiger partial charge in [-0.05, 0) is 41.7 Å². The van der Waals surface area contributed by atoms with Gasteiger partial charge in [-0.1, -0.05) is 18.2 Å². The molecule has 6 rings (SSSR count). The number of nitrogens with zero attached hydrogens (tertiary/aromatic N) is 2. The second kappa shape index (κ2) is 7.90. The molecule has 2 saturated heterocycles. The average Bonchev–Trinajstić information content (AvgIpc) is 3.12. The molecule has 2 unspecified atom stereocenters. The van der Waals surface area contributed by atoms with Crippen molar-refractivity contribution in [2.24, 2.45) is 17.8 Å². The van der Waals surface area contributed by atoms with E-state index < -0.39 is 0 Å². The Morgan fingerprint density at radius 1 is 1.12 bits per heavy atom. The number of hydrogen-bond donors (Lipinski definition) is 2. The molecule has 3 fully saturated rings. The highest BCUT2D eigenvalue weighted by atomic mass is 19.1. The number of aromatic nitrogens is 1. The molecule has 1 saturated carbocycles. The molecule has 7 heteroatoms. The lowest BCUT2D eigenvalue weighted by Gasteiger charge is -2.29. The van der Waals surface area contributed by atoms with Gasteiger partial charge < -0.3 is 19.9 Å². The monoisotopic (exact) mass is 434 g/mol. The summed E-state index contributed by atoms with van der Waals surface area (Å²) in [6, 6.07) is 13.3. The Morgan fingerprint density at radius 2 is 1.91 bits per heavy atom. The number of halogens is 1. The van der Waals surface area contributed by atoms with E-state index in [9.17, 15) is 9.18 Å². The number of ether oxygens (including phenoxy) is 1. The van der Waals surface area contributed by atoms with Crippen molar-refractivity contribution < 1.29 is 13.9 Å². The summed E-state index contributed by atoms with van der Waals surface area (Å²) < 4.78 is 20.0. The van der Waals surface area contributed by atoms with Crippen LogP contribution in [0.25, 0.3) is 10.9 Å². The zero-order chi connectivity index (χ0) is 21.7. The maximum absolute atomic E-state index is 14.6. The van der Waals surface area contributed by atoms with Crippen molar-refractivity contribution in [3.8, 4) is 0 Å². The number of likely N-dealkylation sites (tertiary alicyclic amines) is 1. The summed E-state index contributed by atoms with van der Waals surface area (Å²) >= 11 is 0. The maximum Gasteiger partial charge on any atom is 0.228 e. The van der Waals surface area contributed by atoms with E-state index in [-0.39, 0.29) is 17.6 Å². The largest absolute Gasteiger partial charge is 0.378 e. The van der Waals surface area contributed by atoms with Crippen LogP contribution in [0, 0.1) is 23.6 Å². The lowest BCUT2D eigenvalue weighted by atomic mass is 10.1. The normalized spacial score (nSPS) is 25.2. The van der Waals surface area contributed by atoms with Crippen molar-refractivity contribution in [1.29, 1.82) is 0 Å². The molecular formula is C25H27FN4O2. The number of para-hydroxylation sites is 1. The van der Waals surface area contributed by atoms with Crippen molar-refractivity contribution in [2.75, 3.05) is 49.6 Å². The molecule has 3 aromatic rings. The number of aromatic amines is 1. The Balaban J connectivity index is 1.05. The Labute approximate surface area is 186 Å². The third kappa shape index (κ3) is 3.55. The quantitative estimate of drug-likeness (QED) is 0.646. The van der Waals surface area contributed by atoms with E-state index in [1.807, 2.05) is 11.0 Å². The lowest BCUT2D eigenvalue weighted by Crippen LogP contribution is -2.36. The zero-order valence-corrected chi connectivity index (χ0v) is 17.9. The number of carbonyl (C=O) groups is 1. The first-order valence-corrected chi connectivity index (χ1v) is 11.4. The first-order valence-electron chi connectivity index (χ1n) is 11.4. The van der Waals surface area contributed by atoms with E-state index in [2.05, 4.69) is 39.6 Å². The molecular weight excluding hydrogens is 407 g/mol. The molecule has 2 aromatic carbocycles. The summed E-state index contributed by atoms with van der Waals surface area (Å²) in [6.07, 6.45) is 2.09. The van der Waals surface area contributed by atoms with Gasteiger partial charge in [-0.25, -0.2) is 4.39 Å². The van der Waals surface area contributed by atoms with Crippen molar-refractivity contribution >= 4 is 28.2 Å². The summed E-state index contributed by atoms with van der Waals surface area (Å²) in [5.74, 6) is 0.558. The molecule has 3 aliphatic rings. The van der Waals surface area contributed by atoms with Gasteiger partial charge in [-0.3, -0.25) is 9.69 Å². The van der Waals surface area contributed by atoms with Gasteiger partial charge in [0, 0.05) is 61.4 Å². The number of rotatable bonds is 5. The SMILES string of the molecule is O=C(Nc1ccc(N2CCOCC2)c(F)c1)C1C2CN(Cc3c[nH]c4ccccc34)CC21. The van der Waals surface area contributed by atoms with E-state index in [0.717, 1.165) is 25.2 Å². The predicted octanol–water partition coefficient (Wildman–Crippen LogP) is 3.46. The van der Waals surface area contributed by atoms with Crippen molar-refractivity contribution in [1.82, 2.24) is 9.88 Å². The number of hydrogen-bond acceptors (Lipinski definition) is 4. The fourth-order valence-corrected chi connectivity index (χ4v) is 5.51. The number of H-pyrrole nitrogens is 1. The van der Waals surface area contributed by atoms with E-state index in [0.29, 0.717) is 49.5 Å². The number of benzene rings is 2. The third-order valence-electron chi connectivity index (χ3n) is 7.21. The van der Waals surface area contributed by atoms with Crippen LogP contribution in [-0.4, -0.2) is 55.2 Å². The minimum atomic E-state index is -0.300. The van der Waals surface area contributed by atoms with Gasteiger partial charge in [0.05, 0.1) is 18.9 Å². The Kier molecular flexibility index (Phi) is 4.88. The van der Waals surface area contributed by atoms with Gasteiger partial charge in [-0.15, -0.1) is 0 Å². The van der Waals surface area contributed by atoms with E-state index in [4.69, 9.17) is 4.74 Å². The van der Waals surface area contributed by atoms with E-state index >= 15 is 0 Å². The summed E-state index contributed by atoms with van der Waals surface area (Å²) in [5.41, 5.74) is 3.57. The Morgan fingerprint density at radius 3 is 2.69 bits per heavy atom. The Bertz CT molecular complexity index is 1140. The molecule has 1 amide bonds. The first kappa shape index (κ1) is 19.8. The molecule has 1 aromatic heterocycles. The number of morpholine rings is 1. The molecule has 0 spiro atoms. The molecule has 2 atom stereocenters. The second-order valence-electron chi connectivity index (χ2n) is 9.16. The molecule has 32 heavy (non-hydrogen) atoms. The molecule has 6 nitrogen and oxygen atoms in total. The van der Waals surface area contributed by atoms with Crippen molar-refractivity contribution in [2.45, 2.75) is 6.54 Å². The van der Waals surface area contributed by atoms with Crippen LogP contribution in [0.2, 0.25) is 0 Å². The number of carbonyl (C=O) groups excluding carboxylic acids is 1. The van der Waals surface area contributed by atoms with Crippen LogP contribution in [0.15, 0.2) is 48.7 Å². The Hall–Kier alpha value is -2.90. The molecule has 0 bridgehead atoms. The van der Waals surface area contributed by atoms with Crippen molar-refractivity contribution in [3.05, 3.63) is 60.0 Å². The topological polar surface area (TPSA) is 60.6 Å². The molecule has 2 N–H and O–H groups in total. The van der Waals surface area contributed by atoms with Crippen LogP contribution in [0.1, 0.15) is 5.56 Å². The van der Waals surface area contributed by atoms with Gasteiger partial charge >= 0.3 is 0 Å². The average molecular weight is 435 g/mol. The summed E-state index contributed by atoms with van der Waals surface area (Å²) in [7, 11) is 0. The van der Waals surface area contributed by atoms with Crippen LogP contribution in [0.3, 0.4) is 0 Å². The standard InChI is InChI=1S/C25H27FN4O2/c26-21-11-17(5-6-23(21)30-7-9-32-10-8-30)28-25(31)24-19-14-29(15-20(19)24)13-16-12-27-22-4-2-1-3-18(16)22/h1-6,11-12,19-20,24,27H,7-10,13-15H2,(H,28,31). The smallest absolute Gasteiger partial charge is 0.228 e. The number of amides is 1. The lowest BCUT2D eigenvalue weighted by molar-refractivity contribution is -0.118. The van der Waals surface area contributed by atoms with Crippen molar-refractivity contribution in [3.63, 3.8) is 0 Å². The summed E-state index contributed by atoms with van der Waals surface area (Å²) in [5, 5.41) is 4.21. The predicted molar refractivity (Wildman–Crippen MR) is 122 cm³/mol. The van der Waals surface area contributed by atoms with Crippen LogP contribution >= 0.6 is 0 Å². The zero-order valence-electron chi connectivity index (χ0n) is 17.9. The van der Waals surface area contributed by atoms with Crippen LogP contribution in [0.4, 0.5) is 15.8 Å². The summed E-state index contributed by atoms with van der Waals surface area (Å²) in [6.45, 7) is 5.37. The fourth-order valence-electron chi connectivity index (χ4n) is 5.51. The minimum absolute atomic E-state index is 0.0188. The molecule has 1 aliphatic carbocycles. The van der Waals surface area contributed by atoms with Gasteiger partial charge in [0.25, 0.3) is 0 Å². The fraction of sp³-hybridized carbons (Fsp3) is 0.400. The molecule has 2 aliphatic heterocycles. The molecule has 3 heterocycles. The number of piperidine rings is 1. The number of fused-ring (bicyclic) bond motifs is 2. The maximum atomic E-state index is 14.6.